The predicted molar refractivity (Wildman–Crippen MR) is 80.4 cm³/mol. The number of benzene rings is 1. The molecule has 1 aromatic heterocycles. The summed E-state index contributed by atoms with van der Waals surface area (Å²) in [5, 5.41) is 0. The first-order valence-electron chi connectivity index (χ1n) is 6.74. The Morgan fingerprint density at radius 1 is 1.27 bits per heavy atom. The zero-order valence-corrected chi connectivity index (χ0v) is 13.1. The molecule has 5 nitrogen and oxygen atoms in total. The minimum atomic E-state index is -3.81. The Bertz CT molecular complexity index is 734. The van der Waals surface area contributed by atoms with Crippen molar-refractivity contribution in [2.24, 2.45) is 0 Å². The molecule has 0 atom stereocenters. The van der Waals surface area contributed by atoms with Gasteiger partial charge in [-0.15, -0.1) is 0 Å². The van der Waals surface area contributed by atoms with Gasteiger partial charge in [0.2, 0.25) is 10.0 Å². The Balaban J connectivity index is 2.14. The number of hydrogen-bond donors (Lipinski definition) is 1. The highest BCUT2D eigenvalue weighted by atomic mass is 32.2. The second-order valence-electron chi connectivity index (χ2n) is 4.90. The van der Waals surface area contributed by atoms with Gasteiger partial charge in [-0.1, -0.05) is 6.07 Å². The van der Waals surface area contributed by atoms with E-state index in [4.69, 9.17) is 4.74 Å². The first kappa shape index (κ1) is 16.4. The fourth-order valence-electron chi connectivity index (χ4n) is 1.75. The van der Waals surface area contributed by atoms with Gasteiger partial charge in [0.25, 0.3) is 0 Å². The van der Waals surface area contributed by atoms with Crippen molar-refractivity contribution in [2.45, 2.75) is 31.4 Å². The van der Waals surface area contributed by atoms with Gasteiger partial charge in [0.15, 0.2) is 11.6 Å². The molecular weight excluding hydrogens is 307 g/mol. The van der Waals surface area contributed by atoms with Crippen LogP contribution in [0.1, 0.15) is 19.5 Å². The number of nitrogens with zero attached hydrogens (tertiary/aromatic N) is 1. The number of pyridine rings is 1. The second-order valence-corrected chi connectivity index (χ2v) is 6.67. The summed E-state index contributed by atoms with van der Waals surface area (Å²) in [6, 6.07) is 8.75. The van der Waals surface area contributed by atoms with Crippen molar-refractivity contribution in [3.8, 4) is 5.75 Å². The van der Waals surface area contributed by atoms with Crippen LogP contribution in [-0.4, -0.2) is 19.5 Å². The highest BCUT2D eigenvalue weighted by Crippen LogP contribution is 2.22. The lowest BCUT2D eigenvalue weighted by Crippen LogP contribution is -2.23. The van der Waals surface area contributed by atoms with Crippen LogP contribution in [-0.2, 0) is 16.6 Å². The third-order valence-corrected chi connectivity index (χ3v) is 4.14. The highest BCUT2D eigenvalue weighted by molar-refractivity contribution is 7.89. The largest absolute Gasteiger partial charge is 0.488 e. The summed E-state index contributed by atoms with van der Waals surface area (Å²) in [6.07, 6.45) is 1.38. The van der Waals surface area contributed by atoms with Crippen molar-refractivity contribution >= 4 is 10.0 Å². The molecule has 1 aromatic carbocycles. The molecule has 0 fully saturated rings. The monoisotopic (exact) mass is 324 g/mol. The van der Waals surface area contributed by atoms with Crippen molar-refractivity contribution in [3.05, 3.63) is 54.1 Å². The number of sulfonamides is 1. The molecule has 0 unspecified atom stereocenters. The Kier molecular flexibility index (Phi) is 5.10. The SMILES string of the molecule is CC(C)Oc1ccc(S(=O)(=O)NCc2ccccn2)cc1F. The molecule has 0 saturated heterocycles. The van der Waals surface area contributed by atoms with Crippen LogP contribution in [0.3, 0.4) is 0 Å². The third kappa shape index (κ3) is 4.25. The average molecular weight is 324 g/mol. The Morgan fingerprint density at radius 2 is 2.05 bits per heavy atom. The van der Waals surface area contributed by atoms with Gasteiger partial charge < -0.3 is 4.74 Å². The predicted octanol–water partition coefficient (Wildman–Crippen LogP) is 2.49. The van der Waals surface area contributed by atoms with Crippen LogP contribution < -0.4 is 9.46 Å². The lowest BCUT2D eigenvalue weighted by atomic mass is 10.3. The van der Waals surface area contributed by atoms with Gasteiger partial charge in [-0.2, -0.15) is 0 Å². The van der Waals surface area contributed by atoms with E-state index < -0.39 is 15.8 Å². The molecular formula is C15H17FN2O3S. The number of ether oxygens (including phenoxy) is 1. The Hall–Kier alpha value is -1.99. The van der Waals surface area contributed by atoms with E-state index in [1.54, 1.807) is 38.2 Å². The van der Waals surface area contributed by atoms with Crippen molar-refractivity contribution in [2.75, 3.05) is 0 Å². The van der Waals surface area contributed by atoms with E-state index in [9.17, 15) is 12.8 Å². The Morgan fingerprint density at radius 3 is 2.64 bits per heavy atom. The second kappa shape index (κ2) is 6.85. The van der Waals surface area contributed by atoms with Crippen LogP contribution >= 0.6 is 0 Å². The van der Waals surface area contributed by atoms with Crippen LogP contribution in [0.2, 0.25) is 0 Å². The third-order valence-electron chi connectivity index (χ3n) is 2.75. The lowest BCUT2D eigenvalue weighted by molar-refractivity contribution is 0.231. The van der Waals surface area contributed by atoms with E-state index in [2.05, 4.69) is 9.71 Å². The van der Waals surface area contributed by atoms with Gasteiger partial charge in [-0.25, -0.2) is 17.5 Å². The fourth-order valence-corrected chi connectivity index (χ4v) is 2.76. The van der Waals surface area contributed by atoms with Crippen molar-refractivity contribution in [3.63, 3.8) is 0 Å². The van der Waals surface area contributed by atoms with Crippen molar-refractivity contribution in [1.82, 2.24) is 9.71 Å². The minimum absolute atomic E-state index is 0.0266. The van der Waals surface area contributed by atoms with Crippen LogP contribution in [0.5, 0.6) is 5.75 Å². The molecule has 118 valence electrons. The summed E-state index contributed by atoms with van der Waals surface area (Å²) in [4.78, 5) is 3.86. The molecule has 2 rings (SSSR count). The molecule has 1 N–H and O–H groups in total. The van der Waals surface area contributed by atoms with Gasteiger partial charge >= 0.3 is 0 Å². The van der Waals surface area contributed by atoms with Gasteiger partial charge in [-0.05, 0) is 44.2 Å². The molecule has 0 radical (unpaired) electrons. The van der Waals surface area contributed by atoms with E-state index in [0.717, 1.165) is 6.07 Å². The molecule has 0 aliphatic rings. The summed E-state index contributed by atoms with van der Waals surface area (Å²) in [5.41, 5.74) is 0.575. The van der Waals surface area contributed by atoms with Gasteiger partial charge in [-0.3, -0.25) is 4.98 Å². The topological polar surface area (TPSA) is 68.3 Å². The van der Waals surface area contributed by atoms with Crippen LogP contribution in [0.4, 0.5) is 4.39 Å². The molecule has 0 aliphatic heterocycles. The van der Waals surface area contributed by atoms with E-state index >= 15 is 0 Å². The molecule has 7 heteroatoms. The first-order chi connectivity index (χ1) is 10.4. The zero-order valence-electron chi connectivity index (χ0n) is 12.3. The molecule has 0 spiro atoms. The molecule has 0 amide bonds. The maximum Gasteiger partial charge on any atom is 0.241 e. The van der Waals surface area contributed by atoms with E-state index in [0.29, 0.717) is 5.69 Å². The highest BCUT2D eigenvalue weighted by Gasteiger charge is 2.17. The first-order valence-corrected chi connectivity index (χ1v) is 8.22. The minimum Gasteiger partial charge on any atom is -0.488 e. The maximum atomic E-state index is 13.9. The summed E-state index contributed by atoms with van der Waals surface area (Å²) in [6.45, 7) is 3.56. The number of nitrogens with one attached hydrogen (secondary N) is 1. The number of rotatable bonds is 6. The summed E-state index contributed by atoms with van der Waals surface area (Å²) in [7, 11) is -3.81. The van der Waals surface area contributed by atoms with E-state index in [-0.39, 0.29) is 23.3 Å². The number of halogens is 1. The number of aromatic nitrogens is 1. The summed E-state index contributed by atoms with van der Waals surface area (Å²) in [5.74, 6) is -0.687. The van der Waals surface area contributed by atoms with Crippen molar-refractivity contribution in [1.29, 1.82) is 0 Å². The van der Waals surface area contributed by atoms with Gasteiger partial charge in [0.05, 0.1) is 23.2 Å². The lowest BCUT2D eigenvalue weighted by Gasteiger charge is -2.12. The van der Waals surface area contributed by atoms with E-state index in [1.165, 1.54) is 12.1 Å². The Labute approximate surface area is 129 Å². The van der Waals surface area contributed by atoms with Gasteiger partial charge in [0.1, 0.15) is 0 Å². The van der Waals surface area contributed by atoms with E-state index in [1.807, 2.05) is 0 Å². The summed E-state index contributed by atoms with van der Waals surface area (Å²) < 4.78 is 45.8. The van der Waals surface area contributed by atoms with Gasteiger partial charge in [0, 0.05) is 6.20 Å². The smallest absolute Gasteiger partial charge is 0.241 e. The van der Waals surface area contributed by atoms with Crippen LogP contribution in [0, 0.1) is 5.82 Å². The average Bonchev–Trinajstić information content (AvgIpc) is 2.48. The molecule has 0 bridgehead atoms. The fraction of sp³-hybridized carbons (Fsp3) is 0.267. The van der Waals surface area contributed by atoms with Crippen LogP contribution in [0.25, 0.3) is 0 Å². The molecule has 0 aliphatic carbocycles. The maximum absolute atomic E-state index is 13.9. The standard InChI is InChI=1S/C15H17FN2O3S/c1-11(2)21-15-7-6-13(9-14(15)16)22(19,20)18-10-12-5-3-4-8-17-12/h3-9,11,18H,10H2,1-2H3. The normalized spacial score (nSPS) is 11.6. The molecule has 1 heterocycles. The zero-order chi connectivity index (χ0) is 16.2. The molecule has 2 aromatic rings. The molecule has 0 saturated carbocycles. The van der Waals surface area contributed by atoms with Crippen LogP contribution in [0.15, 0.2) is 47.5 Å². The number of hydrogen-bond acceptors (Lipinski definition) is 4. The quantitative estimate of drug-likeness (QED) is 0.886. The molecule has 22 heavy (non-hydrogen) atoms. The summed E-state index contributed by atoms with van der Waals surface area (Å²) >= 11 is 0. The van der Waals surface area contributed by atoms with Crippen molar-refractivity contribution < 1.29 is 17.5 Å².